The summed E-state index contributed by atoms with van der Waals surface area (Å²) in [6.07, 6.45) is 10.6. The molecule has 0 amide bonds. The molecule has 0 aromatic heterocycles. The minimum absolute atomic E-state index is 0.537. The highest BCUT2D eigenvalue weighted by Gasteiger charge is 2.46. The standard InChI is InChI=1S/C12H21N/c1-3-11-4-7-12(8-5-11,9-6-11)10-13-2/h3,13H,1,4-10H2,2H3. The van der Waals surface area contributed by atoms with E-state index in [4.69, 9.17) is 0 Å². The van der Waals surface area contributed by atoms with Crippen molar-refractivity contribution < 1.29 is 0 Å². The van der Waals surface area contributed by atoms with Gasteiger partial charge in [0.15, 0.2) is 0 Å². The second kappa shape index (κ2) is 3.13. The van der Waals surface area contributed by atoms with Crippen molar-refractivity contribution in [3.63, 3.8) is 0 Å². The molecule has 1 N–H and O–H groups in total. The third kappa shape index (κ3) is 1.43. The first kappa shape index (κ1) is 9.26. The Labute approximate surface area is 81.6 Å². The van der Waals surface area contributed by atoms with Crippen LogP contribution in [0, 0.1) is 10.8 Å². The zero-order valence-corrected chi connectivity index (χ0v) is 8.73. The third-order valence-electron chi connectivity index (χ3n) is 4.44. The van der Waals surface area contributed by atoms with Gasteiger partial charge in [-0.2, -0.15) is 0 Å². The van der Waals surface area contributed by atoms with Gasteiger partial charge in [0.2, 0.25) is 0 Å². The summed E-state index contributed by atoms with van der Waals surface area (Å²) in [6.45, 7) is 5.23. The van der Waals surface area contributed by atoms with Gasteiger partial charge in [-0.25, -0.2) is 0 Å². The van der Waals surface area contributed by atoms with E-state index in [9.17, 15) is 0 Å². The molecule has 3 fully saturated rings. The second-order valence-corrected chi connectivity index (χ2v) is 5.10. The molecule has 1 nitrogen and oxygen atoms in total. The normalized spacial score (nSPS) is 43.5. The fraction of sp³-hybridized carbons (Fsp3) is 0.833. The summed E-state index contributed by atoms with van der Waals surface area (Å²) in [5.41, 5.74) is 1.19. The molecule has 0 aromatic carbocycles. The molecule has 3 rings (SSSR count). The van der Waals surface area contributed by atoms with E-state index in [2.05, 4.69) is 25.0 Å². The molecule has 0 aliphatic heterocycles. The summed E-state index contributed by atoms with van der Waals surface area (Å²) < 4.78 is 0. The fourth-order valence-corrected chi connectivity index (χ4v) is 3.24. The van der Waals surface area contributed by atoms with Gasteiger partial charge in [0.1, 0.15) is 0 Å². The molecule has 74 valence electrons. The molecule has 1 heteroatoms. The van der Waals surface area contributed by atoms with Crippen LogP contribution in [0.15, 0.2) is 12.7 Å². The number of nitrogens with one attached hydrogen (secondary N) is 1. The lowest BCUT2D eigenvalue weighted by molar-refractivity contribution is 0.0235. The Morgan fingerprint density at radius 1 is 1.15 bits per heavy atom. The number of fused-ring (bicyclic) bond motifs is 3. The van der Waals surface area contributed by atoms with Gasteiger partial charge in [-0.3, -0.25) is 0 Å². The van der Waals surface area contributed by atoms with Gasteiger partial charge in [-0.05, 0) is 56.4 Å². The highest BCUT2D eigenvalue weighted by atomic mass is 14.8. The van der Waals surface area contributed by atoms with Crippen LogP contribution in [-0.2, 0) is 0 Å². The monoisotopic (exact) mass is 179 g/mol. The van der Waals surface area contributed by atoms with Crippen molar-refractivity contribution in [2.24, 2.45) is 10.8 Å². The summed E-state index contributed by atoms with van der Waals surface area (Å²) in [5.74, 6) is 0. The van der Waals surface area contributed by atoms with Crippen molar-refractivity contribution in [3.05, 3.63) is 12.7 Å². The van der Waals surface area contributed by atoms with Crippen LogP contribution in [0.1, 0.15) is 38.5 Å². The van der Waals surface area contributed by atoms with Crippen molar-refractivity contribution in [2.45, 2.75) is 38.5 Å². The largest absolute Gasteiger partial charge is 0.319 e. The summed E-state index contributed by atoms with van der Waals surface area (Å²) in [7, 11) is 2.08. The summed E-state index contributed by atoms with van der Waals surface area (Å²) in [5, 5.41) is 3.36. The van der Waals surface area contributed by atoms with E-state index in [0.29, 0.717) is 10.8 Å². The Morgan fingerprint density at radius 2 is 1.69 bits per heavy atom. The Bertz CT molecular complexity index is 183. The molecule has 0 aromatic rings. The van der Waals surface area contributed by atoms with E-state index < -0.39 is 0 Å². The van der Waals surface area contributed by atoms with E-state index in [-0.39, 0.29) is 0 Å². The molecule has 0 atom stereocenters. The van der Waals surface area contributed by atoms with Gasteiger partial charge in [-0.1, -0.05) is 6.08 Å². The van der Waals surface area contributed by atoms with E-state index in [1.165, 1.54) is 45.1 Å². The minimum atomic E-state index is 0.537. The van der Waals surface area contributed by atoms with Crippen molar-refractivity contribution in [1.82, 2.24) is 5.32 Å². The van der Waals surface area contributed by atoms with Crippen LogP contribution in [0.4, 0.5) is 0 Å². The average molecular weight is 179 g/mol. The smallest absolute Gasteiger partial charge is 0.000482 e. The maximum absolute atomic E-state index is 4.01. The quantitative estimate of drug-likeness (QED) is 0.657. The maximum Gasteiger partial charge on any atom is 0.000482 e. The Kier molecular flexibility index (Phi) is 2.23. The molecular formula is C12H21N. The second-order valence-electron chi connectivity index (χ2n) is 5.10. The first-order chi connectivity index (χ1) is 6.24. The minimum Gasteiger partial charge on any atom is -0.319 e. The number of rotatable bonds is 3. The van der Waals surface area contributed by atoms with Gasteiger partial charge in [0.25, 0.3) is 0 Å². The first-order valence-corrected chi connectivity index (χ1v) is 5.53. The number of hydrogen-bond acceptors (Lipinski definition) is 1. The van der Waals surface area contributed by atoms with Gasteiger partial charge < -0.3 is 5.32 Å². The van der Waals surface area contributed by atoms with Gasteiger partial charge in [0.05, 0.1) is 0 Å². The van der Waals surface area contributed by atoms with Gasteiger partial charge in [0, 0.05) is 6.54 Å². The van der Waals surface area contributed by atoms with Gasteiger partial charge >= 0.3 is 0 Å². The van der Waals surface area contributed by atoms with Crippen LogP contribution >= 0.6 is 0 Å². The molecular weight excluding hydrogens is 158 g/mol. The molecule has 3 aliphatic carbocycles. The van der Waals surface area contributed by atoms with Crippen LogP contribution in [0.2, 0.25) is 0 Å². The summed E-state index contributed by atoms with van der Waals surface area (Å²) in [4.78, 5) is 0. The number of allylic oxidation sites excluding steroid dienone is 1. The van der Waals surface area contributed by atoms with Gasteiger partial charge in [-0.15, -0.1) is 6.58 Å². The summed E-state index contributed by atoms with van der Waals surface area (Å²) >= 11 is 0. The predicted molar refractivity (Wildman–Crippen MR) is 56.7 cm³/mol. The highest BCUT2D eigenvalue weighted by molar-refractivity contribution is 5.06. The molecule has 0 spiro atoms. The third-order valence-corrected chi connectivity index (χ3v) is 4.44. The van der Waals surface area contributed by atoms with E-state index in [0.717, 1.165) is 0 Å². The predicted octanol–water partition coefficient (Wildman–Crippen LogP) is 2.73. The van der Waals surface area contributed by atoms with Crippen molar-refractivity contribution in [2.75, 3.05) is 13.6 Å². The lowest BCUT2D eigenvalue weighted by atomic mass is 9.54. The molecule has 0 unspecified atom stereocenters. The van der Waals surface area contributed by atoms with Crippen molar-refractivity contribution in [3.8, 4) is 0 Å². The molecule has 0 saturated heterocycles. The molecule has 0 heterocycles. The van der Waals surface area contributed by atoms with Crippen molar-refractivity contribution >= 4 is 0 Å². The Hall–Kier alpha value is -0.300. The zero-order valence-electron chi connectivity index (χ0n) is 8.73. The molecule has 2 bridgehead atoms. The topological polar surface area (TPSA) is 12.0 Å². The van der Waals surface area contributed by atoms with E-state index in [1.54, 1.807) is 0 Å². The van der Waals surface area contributed by atoms with Crippen LogP contribution in [0.5, 0.6) is 0 Å². The van der Waals surface area contributed by atoms with Crippen LogP contribution in [0.3, 0.4) is 0 Å². The van der Waals surface area contributed by atoms with E-state index in [1.807, 2.05) is 0 Å². The fourth-order valence-electron chi connectivity index (χ4n) is 3.24. The Balaban J connectivity index is 2.06. The molecule has 3 saturated carbocycles. The molecule has 13 heavy (non-hydrogen) atoms. The maximum atomic E-state index is 4.01. The molecule has 0 radical (unpaired) electrons. The van der Waals surface area contributed by atoms with Crippen LogP contribution in [0.25, 0.3) is 0 Å². The summed E-state index contributed by atoms with van der Waals surface area (Å²) in [6, 6.07) is 0. The average Bonchev–Trinajstić information content (AvgIpc) is 2.21. The lowest BCUT2D eigenvalue weighted by Gasteiger charge is -2.52. The highest BCUT2D eigenvalue weighted by Crippen LogP contribution is 2.56. The zero-order chi connectivity index (χ0) is 9.36. The van der Waals surface area contributed by atoms with Crippen LogP contribution in [-0.4, -0.2) is 13.6 Å². The molecule has 3 aliphatic rings. The number of hydrogen-bond donors (Lipinski definition) is 1. The first-order valence-electron chi connectivity index (χ1n) is 5.53. The van der Waals surface area contributed by atoms with Crippen molar-refractivity contribution in [1.29, 1.82) is 0 Å². The Morgan fingerprint density at radius 3 is 2.08 bits per heavy atom. The van der Waals surface area contributed by atoms with Crippen LogP contribution < -0.4 is 5.32 Å². The SMILES string of the molecule is C=CC12CCC(CNC)(CC1)CC2. The van der Waals surface area contributed by atoms with E-state index >= 15 is 0 Å². The lowest BCUT2D eigenvalue weighted by Crippen LogP contribution is -2.45.